The first-order valence-corrected chi connectivity index (χ1v) is 10.2. The number of hydrogen-bond donors (Lipinski definition) is 0. The molecule has 3 aromatic rings. The Hall–Kier alpha value is -3.42. The summed E-state index contributed by atoms with van der Waals surface area (Å²) >= 11 is 0. The highest BCUT2D eigenvalue weighted by Gasteiger charge is 2.23. The van der Waals surface area contributed by atoms with Crippen LogP contribution >= 0.6 is 0 Å². The number of methoxy groups -OCH3 is 1. The second-order valence-electron chi connectivity index (χ2n) is 7.38. The molecule has 0 amide bonds. The molecule has 0 fully saturated rings. The SMILES string of the molecule is CCC(C)OC(=O)Cc1c(C)n(C(=O)c2ccc(OC(F)F)cc2)c2ccc(OC)cc12. The lowest BCUT2D eigenvalue weighted by molar-refractivity contribution is -0.147. The molecule has 0 aliphatic heterocycles. The van der Waals surface area contributed by atoms with Crippen molar-refractivity contribution in [2.45, 2.75) is 46.3 Å². The van der Waals surface area contributed by atoms with E-state index in [1.54, 1.807) is 25.1 Å². The van der Waals surface area contributed by atoms with Crippen molar-refractivity contribution in [3.63, 3.8) is 0 Å². The van der Waals surface area contributed by atoms with Crippen molar-refractivity contribution in [2.75, 3.05) is 7.11 Å². The summed E-state index contributed by atoms with van der Waals surface area (Å²) in [5.74, 6) is -0.191. The van der Waals surface area contributed by atoms with Crippen molar-refractivity contribution in [3.05, 3.63) is 59.3 Å². The van der Waals surface area contributed by atoms with Gasteiger partial charge in [-0.1, -0.05) is 6.92 Å². The van der Waals surface area contributed by atoms with Crippen LogP contribution in [0.1, 0.15) is 41.9 Å². The van der Waals surface area contributed by atoms with E-state index in [4.69, 9.17) is 9.47 Å². The highest BCUT2D eigenvalue weighted by atomic mass is 19.3. The third-order valence-electron chi connectivity index (χ3n) is 5.30. The second-order valence-corrected chi connectivity index (χ2v) is 7.38. The molecule has 0 bridgehead atoms. The Kier molecular flexibility index (Phi) is 7.12. The molecular weight excluding hydrogens is 420 g/mol. The van der Waals surface area contributed by atoms with Gasteiger partial charge >= 0.3 is 12.6 Å². The standard InChI is InChI=1S/C24H25F2NO5/c1-5-14(2)31-22(28)13-19-15(3)27(21-11-10-18(30-4)12-20(19)21)23(29)16-6-8-17(9-7-16)32-24(25)26/h6-12,14,24H,5,13H2,1-4H3. The Morgan fingerprint density at radius 1 is 1.06 bits per heavy atom. The molecule has 2 aromatic carbocycles. The van der Waals surface area contributed by atoms with Crippen LogP contribution in [0.4, 0.5) is 8.78 Å². The van der Waals surface area contributed by atoms with Crippen molar-refractivity contribution >= 4 is 22.8 Å². The summed E-state index contributed by atoms with van der Waals surface area (Å²) in [5.41, 5.74) is 2.15. The highest BCUT2D eigenvalue weighted by Crippen LogP contribution is 2.31. The minimum Gasteiger partial charge on any atom is -0.497 e. The molecule has 1 unspecified atom stereocenters. The number of carbonyl (C=O) groups is 2. The Morgan fingerprint density at radius 3 is 2.31 bits per heavy atom. The zero-order chi connectivity index (χ0) is 23.4. The van der Waals surface area contributed by atoms with Gasteiger partial charge in [-0.2, -0.15) is 8.78 Å². The van der Waals surface area contributed by atoms with Crippen LogP contribution in [-0.4, -0.2) is 36.3 Å². The summed E-state index contributed by atoms with van der Waals surface area (Å²) in [6, 6.07) is 10.7. The number of rotatable bonds is 8. The van der Waals surface area contributed by atoms with Crippen LogP contribution in [0.2, 0.25) is 0 Å². The quantitative estimate of drug-likeness (QED) is 0.450. The Balaban J connectivity index is 2.04. The number of nitrogens with zero attached hydrogens (tertiary/aromatic N) is 1. The van der Waals surface area contributed by atoms with Gasteiger partial charge in [0.15, 0.2) is 0 Å². The first-order valence-electron chi connectivity index (χ1n) is 10.2. The molecule has 0 saturated carbocycles. The minimum atomic E-state index is -2.94. The zero-order valence-corrected chi connectivity index (χ0v) is 18.4. The van der Waals surface area contributed by atoms with Crippen molar-refractivity contribution in [1.29, 1.82) is 0 Å². The molecule has 0 aliphatic carbocycles. The van der Waals surface area contributed by atoms with Crippen molar-refractivity contribution in [1.82, 2.24) is 4.57 Å². The van der Waals surface area contributed by atoms with Gasteiger partial charge in [-0.3, -0.25) is 14.2 Å². The number of hydrogen-bond acceptors (Lipinski definition) is 5. The topological polar surface area (TPSA) is 66.8 Å². The van der Waals surface area contributed by atoms with Gasteiger partial charge in [-0.05, 0) is 68.3 Å². The molecule has 32 heavy (non-hydrogen) atoms. The van der Waals surface area contributed by atoms with Crippen LogP contribution in [0.25, 0.3) is 10.9 Å². The number of alkyl halides is 2. The van der Waals surface area contributed by atoms with E-state index in [2.05, 4.69) is 4.74 Å². The van der Waals surface area contributed by atoms with Gasteiger partial charge in [0.05, 0.1) is 25.2 Å². The van der Waals surface area contributed by atoms with Gasteiger partial charge in [0.2, 0.25) is 0 Å². The summed E-state index contributed by atoms with van der Waals surface area (Å²) < 4.78 is 41.4. The normalized spacial score (nSPS) is 12.1. The third kappa shape index (κ3) is 4.90. The molecule has 3 rings (SSSR count). The van der Waals surface area contributed by atoms with E-state index in [1.165, 1.54) is 35.9 Å². The van der Waals surface area contributed by atoms with Crippen molar-refractivity contribution in [3.8, 4) is 11.5 Å². The van der Waals surface area contributed by atoms with E-state index in [1.807, 2.05) is 13.8 Å². The predicted molar refractivity (Wildman–Crippen MR) is 116 cm³/mol. The van der Waals surface area contributed by atoms with Gasteiger partial charge in [0.1, 0.15) is 11.5 Å². The van der Waals surface area contributed by atoms with Crippen LogP contribution < -0.4 is 9.47 Å². The number of carbonyl (C=O) groups excluding carboxylic acids is 2. The monoisotopic (exact) mass is 445 g/mol. The minimum absolute atomic E-state index is 0.00128. The lowest BCUT2D eigenvalue weighted by atomic mass is 10.1. The second kappa shape index (κ2) is 9.80. The van der Waals surface area contributed by atoms with E-state index < -0.39 is 6.61 Å². The highest BCUT2D eigenvalue weighted by molar-refractivity contribution is 6.05. The summed E-state index contributed by atoms with van der Waals surface area (Å²) in [6.45, 7) is 2.56. The Morgan fingerprint density at radius 2 is 1.72 bits per heavy atom. The van der Waals surface area contributed by atoms with Crippen LogP contribution in [0, 0.1) is 6.92 Å². The lowest BCUT2D eigenvalue weighted by Crippen LogP contribution is -2.17. The molecule has 0 N–H and O–H groups in total. The molecule has 6 nitrogen and oxygen atoms in total. The maximum Gasteiger partial charge on any atom is 0.387 e. The van der Waals surface area contributed by atoms with E-state index in [9.17, 15) is 18.4 Å². The molecular formula is C24H25F2NO5. The molecule has 170 valence electrons. The Bertz CT molecular complexity index is 1120. The van der Waals surface area contributed by atoms with Gasteiger partial charge < -0.3 is 14.2 Å². The van der Waals surface area contributed by atoms with E-state index >= 15 is 0 Å². The molecule has 0 aliphatic rings. The number of fused-ring (bicyclic) bond motifs is 1. The van der Waals surface area contributed by atoms with E-state index in [-0.39, 0.29) is 35.7 Å². The molecule has 8 heteroatoms. The van der Waals surface area contributed by atoms with Crippen LogP contribution in [0.5, 0.6) is 11.5 Å². The summed E-state index contributed by atoms with van der Waals surface area (Å²) in [7, 11) is 1.54. The molecule has 0 saturated heterocycles. The van der Waals surface area contributed by atoms with Gasteiger partial charge in [0, 0.05) is 16.6 Å². The van der Waals surface area contributed by atoms with E-state index in [0.29, 0.717) is 34.3 Å². The van der Waals surface area contributed by atoms with Gasteiger partial charge in [-0.25, -0.2) is 0 Å². The van der Waals surface area contributed by atoms with Crippen molar-refractivity contribution < 1.29 is 32.6 Å². The van der Waals surface area contributed by atoms with Crippen molar-refractivity contribution in [2.24, 2.45) is 0 Å². The number of esters is 1. The maximum absolute atomic E-state index is 13.3. The van der Waals surface area contributed by atoms with Gasteiger partial charge in [0.25, 0.3) is 5.91 Å². The number of ether oxygens (including phenoxy) is 3. The number of halogens is 2. The molecule has 0 spiro atoms. The Labute approximate surface area is 184 Å². The van der Waals surface area contributed by atoms with Gasteiger partial charge in [-0.15, -0.1) is 0 Å². The van der Waals surface area contributed by atoms with Crippen LogP contribution in [-0.2, 0) is 16.0 Å². The summed E-state index contributed by atoms with van der Waals surface area (Å²) in [6.07, 6.45) is 0.493. The average molecular weight is 445 g/mol. The summed E-state index contributed by atoms with van der Waals surface area (Å²) in [4.78, 5) is 25.8. The molecule has 1 atom stereocenters. The largest absolute Gasteiger partial charge is 0.497 e. The lowest BCUT2D eigenvalue weighted by Gasteiger charge is -2.11. The van der Waals surface area contributed by atoms with E-state index in [0.717, 1.165) is 0 Å². The fourth-order valence-electron chi connectivity index (χ4n) is 3.48. The zero-order valence-electron chi connectivity index (χ0n) is 18.4. The maximum atomic E-state index is 13.3. The number of benzene rings is 2. The van der Waals surface area contributed by atoms with Crippen LogP contribution in [0.15, 0.2) is 42.5 Å². The predicted octanol–water partition coefficient (Wildman–Crippen LogP) is 5.13. The number of aromatic nitrogens is 1. The first kappa shape index (κ1) is 23.2. The smallest absolute Gasteiger partial charge is 0.387 e. The summed E-state index contributed by atoms with van der Waals surface area (Å²) in [5, 5.41) is 0.703. The molecule has 0 radical (unpaired) electrons. The first-order chi connectivity index (χ1) is 15.2. The van der Waals surface area contributed by atoms with Crippen LogP contribution in [0.3, 0.4) is 0 Å². The molecule has 1 aromatic heterocycles. The third-order valence-corrected chi connectivity index (χ3v) is 5.30. The molecule has 1 heterocycles. The fourth-order valence-corrected chi connectivity index (χ4v) is 3.48. The fraction of sp³-hybridized carbons (Fsp3) is 0.333. The average Bonchev–Trinajstić information content (AvgIpc) is 3.03.